The van der Waals surface area contributed by atoms with Crippen molar-refractivity contribution in [2.24, 2.45) is 0 Å². The summed E-state index contributed by atoms with van der Waals surface area (Å²) in [5.74, 6) is -0.177. The first-order chi connectivity index (χ1) is 8.06. The predicted octanol–water partition coefficient (Wildman–Crippen LogP) is 2.59. The summed E-state index contributed by atoms with van der Waals surface area (Å²) in [4.78, 5) is 17.1. The van der Waals surface area contributed by atoms with Crippen LogP contribution in [0.25, 0.3) is 0 Å². The van der Waals surface area contributed by atoms with Crippen LogP contribution in [0.4, 0.5) is 10.8 Å². The topological polar surface area (TPSA) is 68.0 Å². The van der Waals surface area contributed by atoms with Crippen LogP contribution in [-0.2, 0) is 0 Å². The molecule has 88 valence electrons. The van der Waals surface area contributed by atoms with Crippen LogP contribution < -0.4 is 11.1 Å². The number of aryl methyl sites for hydroxylation is 2. The lowest BCUT2D eigenvalue weighted by atomic mass is 10.1. The summed E-state index contributed by atoms with van der Waals surface area (Å²) >= 11 is 1.45. The molecule has 0 unspecified atom stereocenters. The Morgan fingerprint density at radius 2 is 2.18 bits per heavy atom. The maximum absolute atomic E-state index is 12.0. The first-order valence-corrected chi connectivity index (χ1v) is 5.98. The highest BCUT2D eigenvalue weighted by molar-refractivity contribution is 7.15. The molecule has 2 rings (SSSR count). The van der Waals surface area contributed by atoms with Crippen LogP contribution in [0.2, 0.25) is 0 Å². The van der Waals surface area contributed by atoms with Gasteiger partial charge in [0.25, 0.3) is 5.91 Å². The van der Waals surface area contributed by atoms with E-state index in [1.54, 1.807) is 18.3 Å². The lowest BCUT2D eigenvalue weighted by Gasteiger charge is -2.06. The molecule has 0 fully saturated rings. The molecule has 0 saturated heterocycles. The minimum atomic E-state index is -0.177. The average Bonchev–Trinajstić information content (AvgIpc) is 2.67. The van der Waals surface area contributed by atoms with E-state index in [0.717, 1.165) is 10.4 Å². The van der Waals surface area contributed by atoms with E-state index in [9.17, 15) is 4.79 Å². The molecule has 5 heteroatoms. The summed E-state index contributed by atoms with van der Waals surface area (Å²) in [6, 6.07) is 5.28. The van der Waals surface area contributed by atoms with Crippen molar-refractivity contribution in [3.63, 3.8) is 0 Å². The van der Waals surface area contributed by atoms with Gasteiger partial charge in [0.2, 0.25) is 0 Å². The normalized spacial score (nSPS) is 10.2. The molecule has 0 spiro atoms. The van der Waals surface area contributed by atoms with Crippen molar-refractivity contribution in [2.75, 3.05) is 11.1 Å². The molecule has 0 aliphatic carbocycles. The number of nitrogens with two attached hydrogens (primary N) is 1. The minimum Gasteiger partial charge on any atom is -0.399 e. The quantitative estimate of drug-likeness (QED) is 0.801. The summed E-state index contributed by atoms with van der Waals surface area (Å²) in [6.07, 6.45) is 1.73. The van der Waals surface area contributed by atoms with E-state index < -0.39 is 0 Å². The molecule has 2 aromatic rings. The number of nitrogen functional groups attached to an aromatic ring is 1. The zero-order valence-corrected chi connectivity index (χ0v) is 10.5. The number of carbonyl (C=O) groups is 1. The third-order valence-electron chi connectivity index (χ3n) is 2.35. The van der Waals surface area contributed by atoms with Crippen molar-refractivity contribution >= 4 is 28.1 Å². The molecular formula is C12H13N3OS. The molecule has 3 N–H and O–H groups in total. The molecule has 0 radical (unpaired) electrons. The highest BCUT2D eigenvalue weighted by Gasteiger charge is 2.11. The summed E-state index contributed by atoms with van der Waals surface area (Å²) in [5, 5.41) is 3.37. The fraction of sp³-hybridized carbons (Fsp3) is 0.167. The Labute approximate surface area is 103 Å². The zero-order chi connectivity index (χ0) is 12.4. The van der Waals surface area contributed by atoms with Crippen LogP contribution >= 0.6 is 11.3 Å². The van der Waals surface area contributed by atoms with Crippen molar-refractivity contribution in [3.05, 3.63) is 40.4 Å². The summed E-state index contributed by atoms with van der Waals surface area (Å²) in [6.45, 7) is 3.82. The van der Waals surface area contributed by atoms with E-state index in [1.807, 2.05) is 19.9 Å². The Morgan fingerprint density at radius 1 is 1.41 bits per heavy atom. The molecule has 1 amide bonds. The highest BCUT2D eigenvalue weighted by atomic mass is 32.1. The standard InChI is InChI=1S/C12H13N3OS/c1-7-3-4-9(13)5-10(7)11(16)15-12-14-6-8(2)17-12/h3-6H,13H2,1-2H3,(H,14,15,16). The SMILES string of the molecule is Cc1cnc(NC(=O)c2cc(N)ccc2C)s1. The Kier molecular flexibility index (Phi) is 3.10. The van der Waals surface area contributed by atoms with Gasteiger partial charge in [-0.15, -0.1) is 11.3 Å². The third-order valence-corrected chi connectivity index (χ3v) is 3.18. The number of nitrogens with one attached hydrogen (secondary N) is 1. The number of hydrogen-bond donors (Lipinski definition) is 2. The van der Waals surface area contributed by atoms with Gasteiger partial charge in [-0.2, -0.15) is 0 Å². The largest absolute Gasteiger partial charge is 0.399 e. The van der Waals surface area contributed by atoms with Crippen molar-refractivity contribution in [2.45, 2.75) is 13.8 Å². The second kappa shape index (κ2) is 4.55. The molecule has 4 nitrogen and oxygen atoms in total. The first-order valence-electron chi connectivity index (χ1n) is 5.16. The second-order valence-electron chi connectivity index (χ2n) is 3.80. The van der Waals surface area contributed by atoms with Crippen molar-refractivity contribution in [1.82, 2.24) is 4.98 Å². The average molecular weight is 247 g/mol. The fourth-order valence-corrected chi connectivity index (χ4v) is 2.12. The van der Waals surface area contributed by atoms with Gasteiger partial charge < -0.3 is 5.73 Å². The van der Waals surface area contributed by atoms with Crippen LogP contribution in [-0.4, -0.2) is 10.9 Å². The Bertz CT molecular complexity index is 563. The Hall–Kier alpha value is -1.88. The highest BCUT2D eigenvalue weighted by Crippen LogP contribution is 2.19. The summed E-state index contributed by atoms with van der Waals surface area (Å²) in [7, 11) is 0. The van der Waals surface area contributed by atoms with E-state index in [1.165, 1.54) is 11.3 Å². The van der Waals surface area contributed by atoms with Gasteiger partial charge in [-0.3, -0.25) is 10.1 Å². The van der Waals surface area contributed by atoms with Gasteiger partial charge in [-0.05, 0) is 31.5 Å². The van der Waals surface area contributed by atoms with Crippen LogP contribution in [0, 0.1) is 13.8 Å². The first kappa shape index (κ1) is 11.6. The predicted molar refractivity (Wildman–Crippen MR) is 70.4 cm³/mol. The number of anilines is 2. The fourth-order valence-electron chi connectivity index (χ4n) is 1.46. The van der Waals surface area contributed by atoms with Crippen molar-refractivity contribution in [3.8, 4) is 0 Å². The van der Waals surface area contributed by atoms with Crippen molar-refractivity contribution < 1.29 is 4.79 Å². The maximum atomic E-state index is 12.0. The number of rotatable bonds is 2. The molecule has 0 aliphatic rings. The van der Waals surface area contributed by atoms with Crippen LogP contribution in [0.15, 0.2) is 24.4 Å². The zero-order valence-electron chi connectivity index (χ0n) is 9.65. The number of aromatic nitrogens is 1. The summed E-state index contributed by atoms with van der Waals surface area (Å²) < 4.78 is 0. The summed E-state index contributed by atoms with van der Waals surface area (Å²) in [5.41, 5.74) is 7.72. The molecule has 17 heavy (non-hydrogen) atoms. The lowest BCUT2D eigenvalue weighted by Crippen LogP contribution is -2.13. The van der Waals surface area contributed by atoms with E-state index in [2.05, 4.69) is 10.3 Å². The van der Waals surface area contributed by atoms with Gasteiger partial charge in [0.05, 0.1) is 0 Å². The molecule has 0 atom stereocenters. The van der Waals surface area contributed by atoms with E-state index in [0.29, 0.717) is 16.4 Å². The molecule has 0 saturated carbocycles. The monoisotopic (exact) mass is 247 g/mol. The van der Waals surface area contributed by atoms with Gasteiger partial charge in [0.1, 0.15) is 0 Å². The minimum absolute atomic E-state index is 0.177. The van der Waals surface area contributed by atoms with Gasteiger partial charge in [0, 0.05) is 22.3 Å². The maximum Gasteiger partial charge on any atom is 0.257 e. The van der Waals surface area contributed by atoms with Gasteiger partial charge >= 0.3 is 0 Å². The molecule has 1 aromatic carbocycles. The van der Waals surface area contributed by atoms with Crippen LogP contribution in [0.1, 0.15) is 20.8 Å². The molecule has 0 aliphatic heterocycles. The number of hydrogen-bond acceptors (Lipinski definition) is 4. The third kappa shape index (κ3) is 2.62. The number of thiazole rings is 1. The van der Waals surface area contributed by atoms with Crippen LogP contribution in [0.3, 0.4) is 0 Å². The Morgan fingerprint density at radius 3 is 2.82 bits per heavy atom. The molecule has 0 bridgehead atoms. The van der Waals surface area contributed by atoms with Gasteiger partial charge in [-0.25, -0.2) is 4.98 Å². The number of amides is 1. The number of nitrogens with zero attached hydrogens (tertiary/aromatic N) is 1. The van der Waals surface area contributed by atoms with Crippen molar-refractivity contribution in [1.29, 1.82) is 0 Å². The molecular weight excluding hydrogens is 234 g/mol. The van der Waals surface area contributed by atoms with E-state index in [-0.39, 0.29) is 5.91 Å². The smallest absolute Gasteiger partial charge is 0.257 e. The Balaban J connectivity index is 2.22. The van der Waals surface area contributed by atoms with E-state index >= 15 is 0 Å². The van der Waals surface area contributed by atoms with Gasteiger partial charge in [0.15, 0.2) is 5.13 Å². The molecule has 1 heterocycles. The van der Waals surface area contributed by atoms with Gasteiger partial charge in [-0.1, -0.05) is 6.07 Å². The number of carbonyl (C=O) groups excluding carboxylic acids is 1. The lowest BCUT2D eigenvalue weighted by molar-refractivity contribution is 0.102. The number of benzene rings is 1. The van der Waals surface area contributed by atoms with E-state index in [4.69, 9.17) is 5.73 Å². The van der Waals surface area contributed by atoms with Crippen LogP contribution in [0.5, 0.6) is 0 Å². The molecule has 1 aromatic heterocycles. The second-order valence-corrected chi connectivity index (χ2v) is 5.04.